The van der Waals surface area contributed by atoms with Crippen LogP contribution in [0.15, 0.2) is 42.6 Å². The predicted molar refractivity (Wildman–Crippen MR) is 95.4 cm³/mol. The number of carbonyl (C=O) groups is 1. The fourth-order valence-corrected chi connectivity index (χ4v) is 3.60. The summed E-state index contributed by atoms with van der Waals surface area (Å²) < 4.78 is 10.8. The van der Waals surface area contributed by atoms with E-state index in [2.05, 4.69) is 10.3 Å². The van der Waals surface area contributed by atoms with Gasteiger partial charge in [-0.3, -0.25) is 4.79 Å². The zero-order valence-electron chi connectivity index (χ0n) is 13.3. The van der Waals surface area contributed by atoms with E-state index in [9.17, 15) is 4.79 Å². The molecule has 6 heteroatoms. The SMILES string of the molecule is O=C(Nc1cc2[nH]ccc2cc1Cl)C1(c2ccc3c(c2)OCO3)CC1. The Kier molecular flexibility index (Phi) is 3.03. The normalized spacial score (nSPS) is 16.8. The molecule has 3 aromatic rings. The Morgan fingerprint density at radius 3 is 2.80 bits per heavy atom. The van der Waals surface area contributed by atoms with Crippen LogP contribution in [0.1, 0.15) is 18.4 Å². The number of carbonyl (C=O) groups excluding carboxylic acids is 1. The van der Waals surface area contributed by atoms with Crippen molar-refractivity contribution in [1.82, 2.24) is 4.98 Å². The van der Waals surface area contributed by atoms with E-state index < -0.39 is 5.41 Å². The molecule has 0 radical (unpaired) electrons. The molecule has 126 valence electrons. The molecule has 0 spiro atoms. The monoisotopic (exact) mass is 354 g/mol. The maximum Gasteiger partial charge on any atom is 0.235 e. The van der Waals surface area contributed by atoms with Gasteiger partial charge in [-0.15, -0.1) is 0 Å². The average molecular weight is 355 g/mol. The molecule has 2 N–H and O–H groups in total. The van der Waals surface area contributed by atoms with Gasteiger partial charge in [0.05, 0.1) is 16.1 Å². The average Bonchev–Trinajstić information content (AvgIpc) is 3.08. The number of nitrogens with one attached hydrogen (secondary N) is 2. The van der Waals surface area contributed by atoms with Gasteiger partial charge in [0, 0.05) is 17.1 Å². The second-order valence-electron chi connectivity index (χ2n) is 6.50. The lowest BCUT2D eigenvalue weighted by atomic mass is 9.94. The van der Waals surface area contributed by atoms with Gasteiger partial charge in [-0.1, -0.05) is 17.7 Å². The number of hydrogen-bond donors (Lipinski definition) is 2. The van der Waals surface area contributed by atoms with Crippen LogP contribution < -0.4 is 14.8 Å². The Bertz CT molecular complexity index is 1010. The Labute approximate surface area is 148 Å². The first kappa shape index (κ1) is 14.7. The van der Waals surface area contributed by atoms with Crippen LogP contribution in [0.5, 0.6) is 11.5 Å². The number of fused-ring (bicyclic) bond motifs is 2. The molecule has 0 atom stereocenters. The molecule has 0 bridgehead atoms. The molecule has 1 aromatic heterocycles. The van der Waals surface area contributed by atoms with E-state index in [1.54, 1.807) is 0 Å². The Morgan fingerprint density at radius 1 is 1.12 bits per heavy atom. The Hall–Kier alpha value is -2.66. The first-order valence-electron chi connectivity index (χ1n) is 8.14. The minimum atomic E-state index is -0.519. The summed E-state index contributed by atoms with van der Waals surface area (Å²) in [7, 11) is 0. The standard InChI is InChI=1S/C19H15ClN2O3/c20-13-7-11-3-6-21-14(11)9-15(13)22-18(23)19(4-5-19)12-1-2-16-17(8-12)25-10-24-16/h1-3,6-9,21H,4-5,10H2,(H,22,23). The summed E-state index contributed by atoms with van der Waals surface area (Å²) in [6.45, 7) is 0.226. The molecular formula is C19H15ClN2O3. The van der Waals surface area contributed by atoms with Crippen LogP contribution in [0.3, 0.4) is 0 Å². The Morgan fingerprint density at radius 2 is 1.96 bits per heavy atom. The van der Waals surface area contributed by atoms with Crippen LogP contribution in [0.2, 0.25) is 5.02 Å². The molecule has 2 aliphatic rings. The number of aromatic amines is 1. The molecule has 1 saturated carbocycles. The highest BCUT2D eigenvalue weighted by Gasteiger charge is 2.51. The number of rotatable bonds is 3. The quantitative estimate of drug-likeness (QED) is 0.740. The van der Waals surface area contributed by atoms with Crippen molar-refractivity contribution in [2.24, 2.45) is 0 Å². The highest BCUT2D eigenvalue weighted by Crippen LogP contribution is 2.51. The van der Waals surface area contributed by atoms with Gasteiger partial charge in [-0.2, -0.15) is 0 Å². The van der Waals surface area contributed by atoms with Crippen LogP contribution >= 0.6 is 11.6 Å². The lowest BCUT2D eigenvalue weighted by molar-refractivity contribution is -0.118. The summed E-state index contributed by atoms with van der Waals surface area (Å²) in [5.41, 5.74) is 1.99. The highest BCUT2D eigenvalue weighted by atomic mass is 35.5. The van der Waals surface area contributed by atoms with Gasteiger partial charge in [-0.25, -0.2) is 0 Å². The van der Waals surface area contributed by atoms with E-state index in [0.29, 0.717) is 16.5 Å². The molecule has 0 saturated heterocycles. The van der Waals surface area contributed by atoms with Crippen LogP contribution in [0.25, 0.3) is 10.9 Å². The number of H-pyrrole nitrogens is 1. The van der Waals surface area contributed by atoms with Gasteiger partial charge in [0.2, 0.25) is 12.7 Å². The summed E-state index contributed by atoms with van der Waals surface area (Å²) in [5, 5.41) is 4.54. The second kappa shape index (κ2) is 5.17. The third-order valence-electron chi connectivity index (χ3n) is 5.00. The number of benzene rings is 2. The third-order valence-corrected chi connectivity index (χ3v) is 5.31. The second-order valence-corrected chi connectivity index (χ2v) is 6.91. The predicted octanol–water partition coefficient (Wildman–Crippen LogP) is 4.22. The lowest BCUT2D eigenvalue weighted by Crippen LogP contribution is -2.27. The number of halogens is 1. The van der Waals surface area contributed by atoms with Crippen LogP contribution in [0, 0.1) is 0 Å². The fourth-order valence-electron chi connectivity index (χ4n) is 3.38. The molecule has 1 fully saturated rings. The zero-order chi connectivity index (χ0) is 17.0. The summed E-state index contributed by atoms with van der Waals surface area (Å²) >= 11 is 6.33. The molecule has 1 amide bonds. The summed E-state index contributed by atoms with van der Waals surface area (Å²) in [6.07, 6.45) is 3.46. The maximum atomic E-state index is 13.0. The maximum absolute atomic E-state index is 13.0. The smallest absolute Gasteiger partial charge is 0.235 e. The summed E-state index contributed by atoms with van der Waals surface area (Å²) in [6, 6.07) is 11.4. The van der Waals surface area contributed by atoms with Crippen molar-refractivity contribution in [3.8, 4) is 11.5 Å². The minimum Gasteiger partial charge on any atom is -0.454 e. The van der Waals surface area contributed by atoms with E-state index in [1.807, 2.05) is 42.6 Å². The molecule has 5 nitrogen and oxygen atoms in total. The number of aromatic nitrogens is 1. The largest absolute Gasteiger partial charge is 0.454 e. The van der Waals surface area contributed by atoms with E-state index in [-0.39, 0.29) is 12.7 Å². The minimum absolute atomic E-state index is 0.0424. The number of hydrogen-bond acceptors (Lipinski definition) is 3. The molecular weight excluding hydrogens is 340 g/mol. The van der Waals surface area contributed by atoms with Crippen LogP contribution in [-0.2, 0) is 10.2 Å². The first-order chi connectivity index (χ1) is 12.2. The van der Waals surface area contributed by atoms with Crippen molar-refractivity contribution < 1.29 is 14.3 Å². The van der Waals surface area contributed by atoms with Crippen molar-refractivity contribution in [3.63, 3.8) is 0 Å². The molecule has 1 aliphatic carbocycles. The van der Waals surface area contributed by atoms with Gasteiger partial charge in [-0.05, 0) is 48.7 Å². The van der Waals surface area contributed by atoms with Crippen LogP contribution in [0.4, 0.5) is 5.69 Å². The number of amides is 1. The lowest BCUT2D eigenvalue weighted by Gasteiger charge is -2.17. The van der Waals surface area contributed by atoms with E-state index in [0.717, 1.165) is 35.1 Å². The van der Waals surface area contributed by atoms with E-state index in [4.69, 9.17) is 21.1 Å². The Balaban J connectivity index is 1.46. The molecule has 1 aliphatic heterocycles. The van der Waals surface area contributed by atoms with Crippen molar-refractivity contribution >= 4 is 34.1 Å². The van der Waals surface area contributed by atoms with Crippen molar-refractivity contribution in [2.45, 2.75) is 18.3 Å². The van der Waals surface area contributed by atoms with Crippen LogP contribution in [-0.4, -0.2) is 17.7 Å². The van der Waals surface area contributed by atoms with Gasteiger partial charge in [0.15, 0.2) is 11.5 Å². The third kappa shape index (κ3) is 2.27. The van der Waals surface area contributed by atoms with Gasteiger partial charge in [0.25, 0.3) is 0 Å². The molecule has 0 unspecified atom stereocenters. The molecule has 5 rings (SSSR count). The fraction of sp³-hybridized carbons (Fsp3) is 0.211. The molecule has 2 aromatic carbocycles. The van der Waals surface area contributed by atoms with Gasteiger partial charge < -0.3 is 19.8 Å². The van der Waals surface area contributed by atoms with Gasteiger partial charge in [0.1, 0.15) is 0 Å². The van der Waals surface area contributed by atoms with Gasteiger partial charge >= 0.3 is 0 Å². The summed E-state index contributed by atoms with van der Waals surface area (Å²) in [5.74, 6) is 1.38. The first-order valence-corrected chi connectivity index (χ1v) is 8.52. The molecule has 25 heavy (non-hydrogen) atoms. The summed E-state index contributed by atoms with van der Waals surface area (Å²) in [4.78, 5) is 16.1. The van der Waals surface area contributed by atoms with Crippen molar-refractivity contribution in [1.29, 1.82) is 0 Å². The molecule has 2 heterocycles. The van der Waals surface area contributed by atoms with Crippen molar-refractivity contribution in [3.05, 3.63) is 53.2 Å². The number of ether oxygens (including phenoxy) is 2. The van der Waals surface area contributed by atoms with E-state index >= 15 is 0 Å². The topological polar surface area (TPSA) is 63.4 Å². The zero-order valence-corrected chi connectivity index (χ0v) is 14.0. The highest BCUT2D eigenvalue weighted by molar-refractivity contribution is 6.34. The number of anilines is 1. The van der Waals surface area contributed by atoms with Crippen molar-refractivity contribution in [2.75, 3.05) is 12.1 Å². The van der Waals surface area contributed by atoms with E-state index in [1.165, 1.54) is 0 Å².